The van der Waals surface area contributed by atoms with Gasteiger partial charge in [0.05, 0.1) is 13.2 Å². The summed E-state index contributed by atoms with van der Waals surface area (Å²) >= 11 is 0. The normalized spacial score (nSPS) is 9.90. The molecule has 2 amide bonds. The first-order valence-electron chi connectivity index (χ1n) is 6.37. The van der Waals surface area contributed by atoms with Gasteiger partial charge in [-0.1, -0.05) is 18.2 Å². The highest BCUT2D eigenvalue weighted by atomic mass is 16.5. The first kappa shape index (κ1) is 15.9. The minimum Gasteiger partial charge on any atom is -0.375 e. The Morgan fingerprint density at radius 1 is 1.30 bits per heavy atom. The van der Waals surface area contributed by atoms with E-state index in [4.69, 9.17) is 4.74 Å². The number of carbonyl (C=O) groups excluding carboxylic acids is 2. The Hall–Kier alpha value is -2.14. The molecule has 0 fully saturated rings. The molecule has 5 nitrogen and oxygen atoms in total. The summed E-state index contributed by atoms with van der Waals surface area (Å²) in [5.74, 6) is -0.369. The molecular formula is C15H20N2O3. The molecule has 0 aromatic heterocycles. The van der Waals surface area contributed by atoms with E-state index in [0.717, 1.165) is 5.57 Å². The molecule has 0 radical (unpaired) electrons. The highest BCUT2D eigenvalue weighted by Crippen LogP contribution is 2.10. The zero-order chi connectivity index (χ0) is 15.0. The molecule has 0 saturated carbocycles. The molecule has 1 aromatic rings. The molecule has 0 bridgehead atoms. The summed E-state index contributed by atoms with van der Waals surface area (Å²) in [4.78, 5) is 22.8. The molecule has 0 aliphatic heterocycles. The number of amides is 2. The molecule has 0 aliphatic carbocycles. The predicted molar refractivity (Wildman–Crippen MR) is 78.7 cm³/mol. The molecule has 0 atom stereocenters. The van der Waals surface area contributed by atoms with E-state index < -0.39 is 0 Å². The van der Waals surface area contributed by atoms with E-state index in [1.807, 2.05) is 6.92 Å². The maximum Gasteiger partial charge on any atom is 0.251 e. The first-order chi connectivity index (χ1) is 9.49. The highest BCUT2D eigenvalue weighted by molar-refractivity contribution is 5.96. The van der Waals surface area contributed by atoms with E-state index in [1.165, 1.54) is 6.92 Å². The van der Waals surface area contributed by atoms with E-state index in [-0.39, 0.29) is 11.8 Å². The maximum atomic E-state index is 11.9. The Kier molecular flexibility index (Phi) is 6.46. The lowest BCUT2D eigenvalue weighted by atomic mass is 10.2. The Labute approximate surface area is 119 Å². The van der Waals surface area contributed by atoms with Crippen molar-refractivity contribution in [1.82, 2.24) is 5.32 Å². The summed E-state index contributed by atoms with van der Waals surface area (Å²) in [6.45, 7) is 8.38. The molecule has 108 valence electrons. The highest BCUT2D eigenvalue weighted by Gasteiger charge is 2.06. The third kappa shape index (κ3) is 6.15. The lowest BCUT2D eigenvalue weighted by molar-refractivity contribution is -0.114. The van der Waals surface area contributed by atoms with Gasteiger partial charge in [0.2, 0.25) is 5.91 Å². The second-order valence-corrected chi connectivity index (χ2v) is 4.53. The van der Waals surface area contributed by atoms with Crippen LogP contribution in [-0.2, 0) is 9.53 Å². The molecule has 0 unspecified atom stereocenters. The van der Waals surface area contributed by atoms with E-state index in [0.29, 0.717) is 31.0 Å². The zero-order valence-corrected chi connectivity index (χ0v) is 11.9. The third-order valence-electron chi connectivity index (χ3n) is 2.33. The van der Waals surface area contributed by atoms with Crippen molar-refractivity contribution < 1.29 is 14.3 Å². The minimum atomic E-state index is -0.198. The van der Waals surface area contributed by atoms with E-state index >= 15 is 0 Å². The molecule has 1 aromatic carbocycles. The number of carbonyl (C=O) groups is 2. The monoisotopic (exact) mass is 276 g/mol. The van der Waals surface area contributed by atoms with Crippen LogP contribution in [0, 0.1) is 0 Å². The van der Waals surface area contributed by atoms with Gasteiger partial charge in [-0.25, -0.2) is 0 Å². The Morgan fingerprint density at radius 3 is 2.70 bits per heavy atom. The van der Waals surface area contributed by atoms with Crippen LogP contribution in [-0.4, -0.2) is 31.6 Å². The van der Waals surface area contributed by atoms with Crippen molar-refractivity contribution in [3.63, 3.8) is 0 Å². The van der Waals surface area contributed by atoms with Crippen molar-refractivity contribution in [2.45, 2.75) is 13.8 Å². The van der Waals surface area contributed by atoms with Gasteiger partial charge in [-0.05, 0) is 25.1 Å². The van der Waals surface area contributed by atoms with Crippen LogP contribution in [0.4, 0.5) is 5.69 Å². The van der Waals surface area contributed by atoms with Crippen LogP contribution in [0.1, 0.15) is 24.2 Å². The third-order valence-corrected chi connectivity index (χ3v) is 2.33. The predicted octanol–water partition coefficient (Wildman–Crippen LogP) is 1.97. The van der Waals surface area contributed by atoms with Gasteiger partial charge in [-0.3, -0.25) is 9.59 Å². The van der Waals surface area contributed by atoms with E-state index in [9.17, 15) is 9.59 Å². The molecular weight excluding hydrogens is 256 g/mol. The molecule has 0 spiro atoms. The zero-order valence-electron chi connectivity index (χ0n) is 11.9. The van der Waals surface area contributed by atoms with Crippen LogP contribution in [0.15, 0.2) is 36.4 Å². The lowest BCUT2D eigenvalue weighted by Crippen LogP contribution is -2.27. The largest absolute Gasteiger partial charge is 0.375 e. The fourth-order valence-corrected chi connectivity index (χ4v) is 1.53. The average molecular weight is 276 g/mol. The van der Waals surface area contributed by atoms with Crippen LogP contribution < -0.4 is 10.6 Å². The summed E-state index contributed by atoms with van der Waals surface area (Å²) in [7, 11) is 0. The quantitative estimate of drug-likeness (QED) is 0.591. The van der Waals surface area contributed by atoms with Crippen LogP contribution in [0.25, 0.3) is 0 Å². The van der Waals surface area contributed by atoms with E-state index in [2.05, 4.69) is 17.2 Å². The molecule has 0 saturated heterocycles. The summed E-state index contributed by atoms with van der Waals surface area (Å²) in [6, 6.07) is 6.77. The summed E-state index contributed by atoms with van der Waals surface area (Å²) in [5.41, 5.74) is 2.04. The fourth-order valence-electron chi connectivity index (χ4n) is 1.53. The van der Waals surface area contributed by atoms with Gasteiger partial charge in [-0.15, -0.1) is 0 Å². The number of hydrogen-bond donors (Lipinski definition) is 2. The Balaban J connectivity index is 2.43. The van der Waals surface area contributed by atoms with Crippen molar-refractivity contribution in [1.29, 1.82) is 0 Å². The summed E-state index contributed by atoms with van der Waals surface area (Å²) in [5, 5.41) is 5.38. The second-order valence-electron chi connectivity index (χ2n) is 4.53. The molecule has 5 heteroatoms. The van der Waals surface area contributed by atoms with Crippen molar-refractivity contribution in [2.24, 2.45) is 0 Å². The van der Waals surface area contributed by atoms with Gasteiger partial charge in [0.15, 0.2) is 0 Å². The second kappa shape index (κ2) is 8.12. The molecule has 0 heterocycles. The number of nitrogens with one attached hydrogen (secondary N) is 2. The maximum absolute atomic E-state index is 11.9. The van der Waals surface area contributed by atoms with Crippen LogP contribution in [0.3, 0.4) is 0 Å². The summed E-state index contributed by atoms with van der Waals surface area (Å²) in [6.07, 6.45) is 0. The lowest BCUT2D eigenvalue weighted by Gasteiger charge is -2.08. The topological polar surface area (TPSA) is 67.4 Å². The van der Waals surface area contributed by atoms with Crippen LogP contribution >= 0.6 is 0 Å². The number of ether oxygens (including phenoxy) is 1. The number of anilines is 1. The minimum absolute atomic E-state index is 0.171. The van der Waals surface area contributed by atoms with Crippen molar-refractivity contribution >= 4 is 17.5 Å². The van der Waals surface area contributed by atoms with Gasteiger partial charge in [-0.2, -0.15) is 0 Å². The Bertz CT molecular complexity index is 498. The van der Waals surface area contributed by atoms with Crippen molar-refractivity contribution in [3.05, 3.63) is 42.0 Å². The number of hydrogen-bond acceptors (Lipinski definition) is 3. The molecule has 0 aliphatic rings. The number of benzene rings is 1. The Morgan fingerprint density at radius 2 is 2.05 bits per heavy atom. The SMILES string of the molecule is C=C(C)COCCNC(=O)c1cccc(NC(C)=O)c1. The van der Waals surface area contributed by atoms with Gasteiger partial charge in [0.25, 0.3) is 5.91 Å². The van der Waals surface area contributed by atoms with Crippen molar-refractivity contribution in [3.8, 4) is 0 Å². The van der Waals surface area contributed by atoms with E-state index in [1.54, 1.807) is 24.3 Å². The fraction of sp³-hybridized carbons (Fsp3) is 0.333. The molecule has 2 N–H and O–H groups in total. The van der Waals surface area contributed by atoms with Crippen LogP contribution in [0.2, 0.25) is 0 Å². The van der Waals surface area contributed by atoms with Crippen LogP contribution in [0.5, 0.6) is 0 Å². The van der Waals surface area contributed by atoms with Gasteiger partial charge < -0.3 is 15.4 Å². The van der Waals surface area contributed by atoms with Gasteiger partial charge in [0.1, 0.15) is 0 Å². The average Bonchev–Trinajstić information content (AvgIpc) is 2.37. The van der Waals surface area contributed by atoms with Crippen molar-refractivity contribution in [2.75, 3.05) is 25.1 Å². The van der Waals surface area contributed by atoms with Gasteiger partial charge >= 0.3 is 0 Å². The molecule has 1 rings (SSSR count). The standard InChI is InChI=1S/C15H20N2O3/c1-11(2)10-20-8-7-16-15(19)13-5-4-6-14(9-13)17-12(3)18/h4-6,9H,1,7-8,10H2,2-3H3,(H,16,19)(H,17,18). The molecule has 20 heavy (non-hydrogen) atoms. The number of rotatable bonds is 7. The van der Waals surface area contributed by atoms with Gasteiger partial charge in [0, 0.05) is 24.7 Å². The smallest absolute Gasteiger partial charge is 0.251 e. The summed E-state index contributed by atoms with van der Waals surface area (Å²) < 4.78 is 5.29. The first-order valence-corrected chi connectivity index (χ1v) is 6.37.